The minimum Gasteiger partial charge on any atom is -0.361 e. The standard InChI is InChI=1S/C17H23N3O2/c1-4-20(5-2)12-15-9-7-6-8-14(15)11-18-17(21)16-10-13(3)22-19-16/h6-10H,4-5,11-12H2,1-3H3,(H,18,21). The summed E-state index contributed by atoms with van der Waals surface area (Å²) < 4.78 is 4.93. The lowest BCUT2D eigenvalue weighted by atomic mass is 10.1. The summed E-state index contributed by atoms with van der Waals surface area (Å²) >= 11 is 0. The van der Waals surface area contributed by atoms with Crippen LogP contribution in [-0.4, -0.2) is 29.1 Å². The van der Waals surface area contributed by atoms with E-state index in [1.54, 1.807) is 13.0 Å². The van der Waals surface area contributed by atoms with Gasteiger partial charge in [-0.3, -0.25) is 9.69 Å². The molecule has 1 aromatic heterocycles. The molecule has 22 heavy (non-hydrogen) atoms. The van der Waals surface area contributed by atoms with Crippen molar-refractivity contribution in [1.82, 2.24) is 15.4 Å². The molecule has 0 unspecified atom stereocenters. The second kappa shape index (κ2) is 7.75. The molecule has 1 heterocycles. The van der Waals surface area contributed by atoms with E-state index in [1.165, 1.54) is 5.56 Å². The third kappa shape index (κ3) is 4.18. The topological polar surface area (TPSA) is 58.4 Å². The van der Waals surface area contributed by atoms with Crippen molar-refractivity contribution in [2.45, 2.75) is 33.9 Å². The predicted octanol–water partition coefficient (Wildman–Crippen LogP) is 2.75. The maximum Gasteiger partial charge on any atom is 0.273 e. The first-order valence-electron chi connectivity index (χ1n) is 7.64. The van der Waals surface area contributed by atoms with Crippen LogP contribution in [0, 0.1) is 6.92 Å². The Morgan fingerprint density at radius 1 is 1.23 bits per heavy atom. The summed E-state index contributed by atoms with van der Waals surface area (Å²) in [5.41, 5.74) is 2.68. The highest BCUT2D eigenvalue weighted by Crippen LogP contribution is 2.12. The normalized spacial score (nSPS) is 10.9. The van der Waals surface area contributed by atoms with E-state index in [1.807, 2.05) is 18.2 Å². The van der Waals surface area contributed by atoms with E-state index in [0.29, 0.717) is 18.0 Å². The number of benzene rings is 1. The average molecular weight is 301 g/mol. The minimum absolute atomic E-state index is 0.213. The van der Waals surface area contributed by atoms with Gasteiger partial charge in [0.1, 0.15) is 5.76 Å². The van der Waals surface area contributed by atoms with Crippen molar-refractivity contribution < 1.29 is 9.32 Å². The van der Waals surface area contributed by atoms with Gasteiger partial charge in [0.05, 0.1) is 0 Å². The van der Waals surface area contributed by atoms with Crippen molar-refractivity contribution in [3.05, 3.63) is 52.9 Å². The number of nitrogens with zero attached hydrogens (tertiary/aromatic N) is 2. The summed E-state index contributed by atoms with van der Waals surface area (Å²) in [4.78, 5) is 14.4. The Bertz CT molecular complexity index is 618. The van der Waals surface area contributed by atoms with Crippen LogP contribution in [0.15, 0.2) is 34.9 Å². The molecule has 0 saturated heterocycles. The molecule has 2 aromatic rings. The number of aromatic nitrogens is 1. The van der Waals surface area contributed by atoms with Crippen LogP contribution < -0.4 is 5.32 Å². The molecular formula is C17H23N3O2. The molecule has 0 spiro atoms. The monoisotopic (exact) mass is 301 g/mol. The Labute approximate surface area is 131 Å². The summed E-state index contributed by atoms with van der Waals surface area (Å²) in [6.45, 7) is 9.47. The quantitative estimate of drug-likeness (QED) is 0.854. The van der Waals surface area contributed by atoms with Crippen molar-refractivity contribution >= 4 is 5.91 Å². The van der Waals surface area contributed by atoms with Gasteiger partial charge in [-0.15, -0.1) is 0 Å². The SMILES string of the molecule is CCN(CC)Cc1ccccc1CNC(=O)c1cc(C)on1. The maximum absolute atomic E-state index is 12.0. The molecule has 0 aliphatic carbocycles. The molecule has 0 aliphatic rings. The van der Waals surface area contributed by atoms with Gasteiger partial charge >= 0.3 is 0 Å². The van der Waals surface area contributed by atoms with Crippen molar-refractivity contribution in [2.75, 3.05) is 13.1 Å². The van der Waals surface area contributed by atoms with Crippen LogP contribution in [0.4, 0.5) is 0 Å². The number of carbonyl (C=O) groups excluding carboxylic acids is 1. The highest BCUT2D eigenvalue weighted by molar-refractivity contribution is 5.92. The van der Waals surface area contributed by atoms with Gasteiger partial charge in [0.2, 0.25) is 0 Å². The highest BCUT2D eigenvalue weighted by Gasteiger charge is 2.12. The summed E-state index contributed by atoms with van der Waals surface area (Å²) in [7, 11) is 0. The fourth-order valence-corrected chi connectivity index (χ4v) is 2.31. The predicted molar refractivity (Wildman–Crippen MR) is 85.5 cm³/mol. The zero-order chi connectivity index (χ0) is 15.9. The summed E-state index contributed by atoms with van der Waals surface area (Å²) in [6.07, 6.45) is 0. The number of hydrogen-bond acceptors (Lipinski definition) is 4. The molecule has 1 N–H and O–H groups in total. The third-order valence-electron chi connectivity index (χ3n) is 3.71. The first-order valence-corrected chi connectivity index (χ1v) is 7.64. The largest absolute Gasteiger partial charge is 0.361 e. The summed E-state index contributed by atoms with van der Waals surface area (Å²) in [5, 5.41) is 6.63. The smallest absolute Gasteiger partial charge is 0.273 e. The van der Waals surface area contributed by atoms with Crippen LogP contribution in [0.5, 0.6) is 0 Å². The second-order valence-corrected chi connectivity index (χ2v) is 5.24. The van der Waals surface area contributed by atoms with Crippen molar-refractivity contribution in [1.29, 1.82) is 0 Å². The van der Waals surface area contributed by atoms with E-state index in [9.17, 15) is 4.79 Å². The van der Waals surface area contributed by atoms with Crippen LogP contribution in [0.25, 0.3) is 0 Å². The van der Waals surface area contributed by atoms with Gasteiger partial charge in [0, 0.05) is 19.2 Å². The molecule has 0 fully saturated rings. The zero-order valence-corrected chi connectivity index (χ0v) is 13.4. The number of nitrogens with one attached hydrogen (secondary N) is 1. The number of carbonyl (C=O) groups is 1. The van der Waals surface area contributed by atoms with Gasteiger partial charge in [0.25, 0.3) is 5.91 Å². The average Bonchev–Trinajstić information content (AvgIpc) is 2.97. The van der Waals surface area contributed by atoms with Gasteiger partial charge in [-0.25, -0.2) is 0 Å². The van der Waals surface area contributed by atoms with Crippen molar-refractivity contribution in [3.8, 4) is 0 Å². The second-order valence-electron chi connectivity index (χ2n) is 5.24. The molecular weight excluding hydrogens is 278 g/mol. The van der Waals surface area contributed by atoms with Gasteiger partial charge in [-0.1, -0.05) is 43.3 Å². The van der Waals surface area contributed by atoms with E-state index >= 15 is 0 Å². The molecule has 5 nitrogen and oxygen atoms in total. The Hall–Kier alpha value is -2.14. The van der Waals surface area contributed by atoms with Gasteiger partial charge in [-0.05, 0) is 31.1 Å². The van der Waals surface area contributed by atoms with E-state index in [4.69, 9.17) is 4.52 Å². The van der Waals surface area contributed by atoms with Crippen LogP contribution in [0.3, 0.4) is 0 Å². The maximum atomic E-state index is 12.0. The van der Waals surface area contributed by atoms with E-state index in [-0.39, 0.29) is 5.91 Å². The Balaban J connectivity index is 2.02. The van der Waals surface area contributed by atoms with Gasteiger partial charge in [-0.2, -0.15) is 0 Å². The first-order chi connectivity index (χ1) is 10.6. The number of amides is 1. The molecule has 0 radical (unpaired) electrons. The van der Waals surface area contributed by atoms with Crippen LogP contribution in [0.2, 0.25) is 0 Å². The van der Waals surface area contributed by atoms with Crippen LogP contribution in [0.1, 0.15) is 41.2 Å². The van der Waals surface area contributed by atoms with Crippen LogP contribution in [-0.2, 0) is 13.1 Å². The molecule has 5 heteroatoms. The fourth-order valence-electron chi connectivity index (χ4n) is 2.31. The summed E-state index contributed by atoms with van der Waals surface area (Å²) in [5.74, 6) is 0.418. The molecule has 118 valence electrons. The van der Waals surface area contributed by atoms with E-state index in [2.05, 4.69) is 35.3 Å². The Morgan fingerprint density at radius 3 is 2.50 bits per heavy atom. The first kappa shape index (κ1) is 16.2. The number of hydrogen-bond donors (Lipinski definition) is 1. The lowest BCUT2D eigenvalue weighted by Gasteiger charge is -2.20. The molecule has 1 aromatic carbocycles. The number of rotatable bonds is 7. The molecule has 0 saturated carbocycles. The fraction of sp³-hybridized carbons (Fsp3) is 0.412. The Kier molecular flexibility index (Phi) is 5.72. The van der Waals surface area contributed by atoms with Gasteiger partial charge in [0.15, 0.2) is 5.69 Å². The van der Waals surface area contributed by atoms with Crippen LogP contribution >= 0.6 is 0 Å². The van der Waals surface area contributed by atoms with E-state index < -0.39 is 0 Å². The lowest BCUT2D eigenvalue weighted by Crippen LogP contribution is -2.26. The van der Waals surface area contributed by atoms with Gasteiger partial charge < -0.3 is 9.84 Å². The molecule has 0 bridgehead atoms. The summed E-state index contributed by atoms with van der Waals surface area (Å²) in [6, 6.07) is 9.82. The lowest BCUT2D eigenvalue weighted by molar-refractivity contribution is 0.0941. The zero-order valence-electron chi connectivity index (χ0n) is 13.4. The molecule has 0 aliphatic heterocycles. The molecule has 1 amide bonds. The van der Waals surface area contributed by atoms with E-state index in [0.717, 1.165) is 25.2 Å². The highest BCUT2D eigenvalue weighted by atomic mass is 16.5. The molecule has 0 atom stereocenters. The molecule has 2 rings (SSSR count). The number of aryl methyl sites for hydroxylation is 1. The Morgan fingerprint density at radius 2 is 1.91 bits per heavy atom. The third-order valence-corrected chi connectivity index (χ3v) is 3.71. The van der Waals surface area contributed by atoms with Crippen molar-refractivity contribution in [3.63, 3.8) is 0 Å². The minimum atomic E-state index is -0.213. The van der Waals surface area contributed by atoms with Crippen molar-refractivity contribution in [2.24, 2.45) is 0 Å².